The zero-order valence-corrected chi connectivity index (χ0v) is 15.7. The molecule has 0 aliphatic heterocycles. The molecule has 0 atom stereocenters. The van der Waals surface area contributed by atoms with Crippen molar-refractivity contribution in [2.75, 3.05) is 0 Å². The van der Waals surface area contributed by atoms with Gasteiger partial charge >= 0.3 is 6.36 Å². The maximum atomic E-state index is 12.3. The first kappa shape index (κ1) is 18.3. The third kappa shape index (κ3) is 3.22. The van der Waals surface area contributed by atoms with Crippen molar-refractivity contribution in [1.29, 1.82) is 0 Å². The third-order valence-corrected chi connectivity index (χ3v) is 6.10. The fourth-order valence-electron chi connectivity index (χ4n) is 3.42. The molecule has 4 heterocycles. The Balaban J connectivity index is 1.43. The monoisotopic (exact) mass is 422 g/mol. The number of fused-ring (bicyclic) bond motifs is 2. The van der Waals surface area contributed by atoms with Gasteiger partial charge < -0.3 is 5.11 Å². The zero-order chi connectivity index (χ0) is 20.4. The van der Waals surface area contributed by atoms with E-state index in [1.54, 1.807) is 36.3 Å². The average Bonchev–Trinajstić information content (AvgIpc) is 3.22. The normalized spacial score (nSPS) is 22.3. The summed E-state index contributed by atoms with van der Waals surface area (Å²) in [5.41, 5.74) is 0.564. The molecule has 1 fully saturated rings. The number of nitrogens with zero attached hydrogens (tertiary/aromatic N) is 6. The SMILES string of the molecule is Cn1nnc2cc(-c3ncc4cc(C5(O)CC(OC(F)(F)F)C5)sc4n3)cnc21. The number of aryl methyl sites for hydroxylation is 1. The molecule has 1 N–H and O–H groups in total. The van der Waals surface area contributed by atoms with Crippen molar-refractivity contribution >= 4 is 32.7 Å². The Kier molecular flexibility index (Phi) is 3.89. The van der Waals surface area contributed by atoms with E-state index < -0.39 is 18.1 Å². The maximum Gasteiger partial charge on any atom is 0.522 e. The second-order valence-electron chi connectivity index (χ2n) is 6.97. The molecule has 0 amide bonds. The Bertz CT molecular complexity index is 1230. The highest BCUT2D eigenvalue weighted by Gasteiger charge is 2.50. The van der Waals surface area contributed by atoms with E-state index in [9.17, 15) is 18.3 Å². The summed E-state index contributed by atoms with van der Waals surface area (Å²) in [4.78, 5) is 14.3. The first-order chi connectivity index (χ1) is 13.7. The van der Waals surface area contributed by atoms with Crippen LogP contribution in [0.5, 0.6) is 0 Å². The van der Waals surface area contributed by atoms with E-state index in [2.05, 4.69) is 30.0 Å². The molecule has 0 radical (unpaired) electrons. The zero-order valence-electron chi connectivity index (χ0n) is 14.9. The van der Waals surface area contributed by atoms with Crippen LogP contribution in [0.2, 0.25) is 0 Å². The molecule has 0 unspecified atom stereocenters. The van der Waals surface area contributed by atoms with Gasteiger partial charge in [-0.25, -0.2) is 19.6 Å². The number of aromatic nitrogens is 6. The lowest BCUT2D eigenvalue weighted by molar-refractivity contribution is -0.364. The Labute approximate surface area is 165 Å². The standard InChI is InChI=1S/C17H13F3N6O2S/c1-26-14-11(24-25-26)2-8(6-22-14)13-21-7-9-3-12(29-15(9)23-13)16(27)4-10(5-16)28-17(18,19)20/h2-3,6-7,10,27H,4-5H2,1H3. The van der Waals surface area contributed by atoms with Crippen molar-refractivity contribution in [3.8, 4) is 11.4 Å². The topological polar surface area (TPSA) is 98.8 Å². The first-order valence-corrected chi connectivity index (χ1v) is 9.42. The molecule has 1 aliphatic carbocycles. The Hall–Kier alpha value is -2.70. The van der Waals surface area contributed by atoms with Crippen LogP contribution in [0.3, 0.4) is 0 Å². The summed E-state index contributed by atoms with van der Waals surface area (Å²) >= 11 is 1.23. The van der Waals surface area contributed by atoms with Gasteiger partial charge in [0.1, 0.15) is 15.9 Å². The highest BCUT2D eigenvalue weighted by atomic mass is 32.1. The summed E-state index contributed by atoms with van der Waals surface area (Å²) in [5.74, 6) is 0.435. The largest absolute Gasteiger partial charge is 0.522 e. The minimum atomic E-state index is -4.70. The Morgan fingerprint density at radius 3 is 2.79 bits per heavy atom. The summed E-state index contributed by atoms with van der Waals surface area (Å²) in [6.45, 7) is 0. The number of halogens is 3. The molecule has 1 saturated carbocycles. The van der Waals surface area contributed by atoms with Crippen molar-refractivity contribution in [3.63, 3.8) is 0 Å². The van der Waals surface area contributed by atoms with Crippen LogP contribution >= 0.6 is 11.3 Å². The van der Waals surface area contributed by atoms with Crippen LogP contribution in [-0.4, -0.2) is 47.5 Å². The molecule has 0 aromatic carbocycles. The van der Waals surface area contributed by atoms with Gasteiger partial charge in [-0.2, -0.15) is 0 Å². The van der Waals surface area contributed by atoms with Gasteiger partial charge in [0.25, 0.3) is 0 Å². The van der Waals surface area contributed by atoms with Crippen LogP contribution in [-0.2, 0) is 17.4 Å². The number of rotatable bonds is 3. The maximum absolute atomic E-state index is 12.3. The fourth-order valence-corrected chi connectivity index (χ4v) is 4.53. The van der Waals surface area contributed by atoms with E-state index >= 15 is 0 Å². The van der Waals surface area contributed by atoms with Crippen LogP contribution in [0, 0.1) is 0 Å². The van der Waals surface area contributed by atoms with E-state index in [1.807, 2.05) is 0 Å². The highest BCUT2D eigenvalue weighted by Crippen LogP contribution is 2.48. The van der Waals surface area contributed by atoms with E-state index in [4.69, 9.17) is 0 Å². The summed E-state index contributed by atoms with van der Waals surface area (Å²) in [7, 11) is 1.74. The fraction of sp³-hybridized carbons (Fsp3) is 0.353. The molecule has 8 nitrogen and oxygen atoms in total. The van der Waals surface area contributed by atoms with E-state index in [-0.39, 0.29) is 12.8 Å². The van der Waals surface area contributed by atoms with Crippen LogP contribution < -0.4 is 0 Å². The molecule has 0 spiro atoms. The number of hydrogen-bond acceptors (Lipinski definition) is 8. The molecule has 150 valence electrons. The molecule has 29 heavy (non-hydrogen) atoms. The molecular formula is C17H13F3N6O2S. The number of alkyl halides is 3. The number of hydrogen-bond donors (Lipinski definition) is 1. The number of thiophene rings is 1. The van der Waals surface area contributed by atoms with Gasteiger partial charge in [0.15, 0.2) is 11.5 Å². The average molecular weight is 422 g/mol. The van der Waals surface area contributed by atoms with Gasteiger partial charge in [0, 0.05) is 48.1 Å². The molecule has 12 heteroatoms. The summed E-state index contributed by atoms with van der Waals surface area (Å²) in [5, 5.41) is 19.3. The summed E-state index contributed by atoms with van der Waals surface area (Å²) < 4.78 is 42.5. The molecule has 1 aliphatic rings. The minimum absolute atomic E-state index is 0.118. The Morgan fingerprint density at radius 1 is 1.24 bits per heavy atom. The first-order valence-electron chi connectivity index (χ1n) is 8.60. The predicted molar refractivity (Wildman–Crippen MR) is 96.8 cm³/mol. The molecule has 0 bridgehead atoms. The van der Waals surface area contributed by atoms with Crippen LogP contribution in [0.1, 0.15) is 17.7 Å². The van der Waals surface area contributed by atoms with Crippen molar-refractivity contribution in [3.05, 3.63) is 29.4 Å². The van der Waals surface area contributed by atoms with Gasteiger partial charge in [0.05, 0.1) is 6.10 Å². The van der Waals surface area contributed by atoms with E-state index in [1.165, 1.54) is 11.3 Å². The molecule has 0 saturated heterocycles. The van der Waals surface area contributed by atoms with Gasteiger partial charge in [-0.05, 0) is 12.1 Å². The number of pyridine rings is 1. The van der Waals surface area contributed by atoms with Crippen LogP contribution in [0.4, 0.5) is 13.2 Å². The van der Waals surface area contributed by atoms with Crippen LogP contribution in [0.25, 0.3) is 32.8 Å². The number of ether oxygens (including phenoxy) is 1. The van der Waals surface area contributed by atoms with Crippen LogP contribution in [0.15, 0.2) is 24.5 Å². The highest BCUT2D eigenvalue weighted by molar-refractivity contribution is 7.18. The lowest BCUT2D eigenvalue weighted by Gasteiger charge is -2.42. The van der Waals surface area contributed by atoms with E-state index in [0.29, 0.717) is 37.6 Å². The van der Waals surface area contributed by atoms with Crippen molar-refractivity contribution in [2.24, 2.45) is 7.05 Å². The molecular weight excluding hydrogens is 409 g/mol. The smallest absolute Gasteiger partial charge is 0.384 e. The number of aliphatic hydroxyl groups is 1. The lowest BCUT2D eigenvalue weighted by Crippen LogP contribution is -2.47. The molecule has 4 aromatic heterocycles. The quantitative estimate of drug-likeness (QED) is 0.542. The van der Waals surface area contributed by atoms with Crippen molar-refractivity contribution < 1.29 is 23.0 Å². The third-order valence-electron chi connectivity index (χ3n) is 4.86. The van der Waals surface area contributed by atoms with Gasteiger partial charge in [-0.3, -0.25) is 4.74 Å². The molecule has 5 rings (SSSR count). The van der Waals surface area contributed by atoms with Gasteiger partial charge in [-0.1, -0.05) is 5.21 Å². The second-order valence-corrected chi connectivity index (χ2v) is 8.00. The predicted octanol–water partition coefficient (Wildman–Crippen LogP) is 2.92. The van der Waals surface area contributed by atoms with Gasteiger partial charge in [0.2, 0.25) is 0 Å². The van der Waals surface area contributed by atoms with Crippen molar-refractivity contribution in [1.82, 2.24) is 29.9 Å². The second kappa shape index (κ2) is 6.15. The molecule has 4 aromatic rings. The van der Waals surface area contributed by atoms with E-state index in [0.717, 1.165) is 0 Å². The summed E-state index contributed by atoms with van der Waals surface area (Å²) in [6, 6.07) is 3.49. The lowest BCUT2D eigenvalue weighted by atomic mass is 9.76. The van der Waals surface area contributed by atoms with Crippen molar-refractivity contribution in [2.45, 2.75) is 30.9 Å². The van der Waals surface area contributed by atoms with Gasteiger partial charge in [-0.15, -0.1) is 29.6 Å². The minimum Gasteiger partial charge on any atom is -0.384 e. The Morgan fingerprint density at radius 2 is 2.03 bits per heavy atom. The summed E-state index contributed by atoms with van der Waals surface area (Å²) in [6.07, 6.45) is -2.74.